The van der Waals surface area contributed by atoms with Gasteiger partial charge in [0.1, 0.15) is 5.75 Å². The second kappa shape index (κ2) is 6.56. The predicted molar refractivity (Wildman–Crippen MR) is 105 cm³/mol. The lowest BCUT2D eigenvalue weighted by molar-refractivity contribution is 0.475. The summed E-state index contributed by atoms with van der Waals surface area (Å²) >= 11 is 0. The Morgan fingerprint density at radius 2 is 1.36 bits per heavy atom. The molecule has 1 saturated carbocycles. The van der Waals surface area contributed by atoms with Crippen molar-refractivity contribution in [3.63, 3.8) is 0 Å². The summed E-state index contributed by atoms with van der Waals surface area (Å²) in [4.78, 5) is 9.83. The Labute approximate surface area is 162 Å². The average Bonchev–Trinajstić information content (AvgIpc) is 3.35. The summed E-state index contributed by atoms with van der Waals surface area (Å²) in [5.41, 5.74) is 4.18. The van der Waals surface area contributed by atoms with E-state index in [1.54, 1.807) is 24.8 Å². The van der Waals surface area contributed by atoms with Gasteiger partial charge in [-0.1, -0.05) is 42.0 Å². The van der Waals surface area contributed by atoms with E-state index in [2.05, 4.69) is 63.5 Å². The van der Waals surface area contributed by atoms with Crippen LogP contribution in [0.4, 0.5) is 0 Å². The third-order valence-electron chi connectivity index (χ3n) is 5.21. The fourth-order valence-electron chi connectivity index (χ4n) is 3.50. The first-order valence-electron chi connectivity index (χ1n) is 9.27. The Bertz CT molecular complexity index is 1070. The highest BCUT2D eigenvalue weighted by Crippen LogP contribution is 2.53. The molecule has 6 heteroatoms. The number of aromatic nitrogens is 5. The van der Waals surface area contributed by atoms with Gasteiger partial charge in [-0.15, -0.1) is 4.80 Å². The molecule has 2 heterocycles. The molecule has 6 nitrogen and oxygen atoms in total. The van der Waals surface area contributed by atoms with Crippen molar-refractivity contribution in [2.24, 2.45) is 0 Å². The van der Waals surface area contributed by atoms with Gasteiger partial charge in [0.2, 0.25) is 0 Å². The van der Waals surface area contributed by atoms with Crippen LogP contribution in [-0.2, 0) is 5.41 Å². The minimum Gasteiger partial charge on any atom is -0.454 e. The van der Waals surface area contributed by atoms with E-state index in [9.17, 15) is 0 Å². The summed E-state index contributed by atoms with van der Waals surface area (Å²) in [6, 6.07) is 17.2. The maximum atomic E-state index is 5.89. The molecule has 4 aromatic rings. The van der Waals surface area contributed by atoms with E-state index in [1.165, 1.54) is 34.3 Å². The Morgan fingerprint density at radius 1 is 0.786 bits per heavy atom. The largest absolute Gasteiger partial charge is 0.454 e. The molecule has 0 radical (unpaired) electrons. The highest BCUT2D eigenvalue weighted by Gasteiger charge is 2.45. The molecule has 28 heavy (non-hydrogen) atoms. The molecule has 0 saturated heterocycles. The third kappa shape index (κ3) is 3.03. The van der Waals surface area contributed by atoms with Crippen molar-refractivity contribution in [2.75, 3.05) is 0 Å². The summed E-state index contributed by atoms with van der Waals surface area (Å²) < 4.78 is 5.89. The van der Waals surface area contributed by atoms with Crippen LogP contribution < -0.4 is 4.74 Å². The van der Waals surface area contributed by atoms with E-state index in [4.69, 9.17) is 4.74 Å². The van der Waals surface area contributed by atoms with Crippen LogP contribution in [0.1, 0.15) is 29.5 Å². The molecular formula is C22H19N5O. The number of rotatable bonds is 5. The molecule has 1 fully saturated rings. The lowest BCUT2D eigenvalue weighted by Crippen LogP contribution is -2.08. The molecule has 1 aliphatic carbocycles. The molecule has 0 atom stereocenters. The van der Waals surface area contributed by atoms with E-state index in [0.29, 0.717) is 11.7 Å². The van der Waals surface area contributed by atoms with Crippen LogP contribution in [0.3, 0.4) is 0 Å². The monoisotopic (exact) mass is 369 g/mol. The molecule has 0 spiro atoms. The molecular weight excluding hydrogens is 350 g/mol. The number of ether oxygens (including phenoxy) is 1. The van der Waals surface area contributed by atoms with Crippen molar-refractivity contribution in [1.82, 2.24) is 25.0 Å². The van der Waals surface area contributed by atoms with Crippen molar-refractivity contribution in [2.45, 2.75) is 25.2 Å². The number of benzene rings is 2. The van der Waals surface area contributed by atoms with Gasteiger partial charge in [0.05, 0.1) is 24.8 Å². The van der Waals surface area contributed by atoms with Crippen molar-refractivity contribution in [3.8, 4) is 17.4 Å². The quantitative estimate of drug-likeness (QED) is 0.526. The predicted octanol–water partition coefficient (Wildman–Crippen LogP) is 4.24. The summed E-state index contributed by atoms with van der Waals surface area (Å²) in [5.74, 6) is 1.74. The van der Waals surface area contributed by atoms with Crippen molar-refractivity contribution < 1.29 is 4.74 Å². The molecule has 0 unspecified atom stereocenters. The zero-order valence-corrected chi connectivity index (χ0v) is 15.5. The molecule has 5 rings (SSSR count). The average molecular weight is 369 g/mol. The molecule has 2 aromatic heterocycles. The number of hydrogen-bond donors (Lipinski definition) is 0. The second-order valence-corrected chi connectivity index (χ2v) is 7.11. The van der Waals surface area contributed by atoms with E-state index in [-0.39, 0.29) is 5.41 Å². The number of nitrogens with zero attached hydrogens (tertiary/aromatic N) is 5. The summed E-state index contributed by atoms with van der Waals surface area (Å²) in [6.45, 7) is 2.12. The molecule has 0 N–H and O–H groups in total. The Morgan fingerprint density at radius 3 is 1.93 bits per heavy atom. The summed E-state index contributed by atoms with van der Waals surface area (Å²) in [7, 11) is 0. The topological polar surface area (TPSA) is 65.7 Å². The zero-order chi connectivity index (χ0) is 19.0. The normalized spacial score (nSPS) is 14.6. The smallest absolute Gasteiger partial charge is 0.268 e. The maximum absolute atomic E-state index is 5.89. The van der Waals surface area contributed by atoms with Gasteiger partial charge in [-0.25, -0.2) is 9.97 Å². The van der Waals surface area contributed by atoms with Crippen LogP contribution in [0.5, 0.6) is 11.5 Å². The van der Waals surface area contributed by atoms with Crippen LogP contribution in [-0.4, -0.2) is 25.0 Å². The van der Waals surface area contributed by atoms with Gasteiger partial charge in [-0.2, -0.15) is 10.2 Å². The van der Waals surface area contributed by atoms with Crippen LogP contribution in [0.2, 0.25) is 0 Å². The maximum Gasteiger partial charge on any atom is 0.268 e. The van der Waals surface area contributed by atoms with Gasteiger partial charge in [0, 0.05) is 5.41 Å². The molecule has 0 amide bonds. The lowest BCUT2D eigenvalue weighted by atomic mass is 9.88. The minimum absolute atomic E-state index is 0.160. The van der Waals surface area contributed by atoms with Gasteiger partial charge in [-0.05, 0) is 43.0 Å². The first-order chi connectivity index (χ1) is 13.7. The molecule has 138 valence electrons. The number of aryl methyl sites for hydroxylation is 1. The van der Waals surface area contributed by atoms with Crippen LogP contribution in [0.25, 0.3) is 5.95 Å². The third-order valence-corrected chi connectivity index (χ3v) is 5.21. The standard InChI is InChI=1S/C22H19N5O/c1-16-2-4-17(5-3-16)22(10-11-22)18-6-8-19(9-7-18)28-20-14-23-21(24-15-20)27-25-12-13-26-27/h2-9,12-15H,10-11H2,1H3. The van der Waals surface area contributed by atoms with Crippen molar-refractivity contribution >= 4 is 0 Å². The second-order valence-electron chi connectivity index (χ2n) is 7.11. The fourth-order valence-corrected chi connectivity index (χ4v) is 3.50. The van der Waals surface area contributed by atoms with Crippen LogP contribution >= 0.6 is 0 Å². The highest BCUT2D eigenvalue weighted by molar-refractivity contribution is 5.47. The zero-order valence-electron chi connectivity index (χ0n) is 15.5. The van der Waals surface area contributed by atoms with Gasteiger partial charge in [0.15, 0.2) is 5.75 Å². The first kappa shape index (κ1) is 16.6. The van der Waals surface area contributed by atoms with Crippen LogP contribution in [0, 0.1) is 6.92 Å². The van der Waals surface area contributed by atoms with Crippen LogP contribution in [0.15, 0.2) is 73.3 Å². The van der Waals surface area contributed by atoms with E-state index < -0.39 is 0 Å². The fraction of sp³-hybridized carbons (Fsp3) is 0.182. The lowest BCUT2D eigenvalue weighted by Gasteiger charge is -2.17. The highest BCUT2D eigenvalue weighted by atomic mass is 16.5. The van der Waals surface area contributed by atoms with Gasteiger partial charge >= 0.3 is 0 Å². The molecule has 0 bridgehead atoms. The minimum atomic E-state index is 0.160. The van der Waals surface area contributed by atoms with E-state index >= 15 is 0 Å². The SMILES string of the molecule is Cc1ccc(C2(c3ccc(Oc4cnc(-n5nccn5)nc4)cc3)CC2)cc1. The Balaban J connectivity index is 1.32. The molecule has 0 aliphatic heterocycles. The number of hydrogen-bond acceptors (Lipinski definition) is 5. The van der Waals surface area contributed by atoms with E-state index in [0.717, 1.165) is 5.75 Å². The van der Waals surface area contributed by atoms with E-state index in [1.807, 2.05) is 12.1 Å². The van der Waals surface area contributed by atoms with Gasteiger partial charge < -0.3 is 4.74 Å². The van der Waals surface area contributed by atoms with Gasteiger partial charge in [-0.3, -0.25) is 0 Å². The molecule has 2 aromatic carbocycles. The first-order valence-corrected chi connectivity index (χ1v) is 9.27. The van der Waals surface area contributed by atoms with Crippen molar-refractivity contribution in [1.29, 1.82) is 0 Å². The van der Waals surface area contributed by atoms with Crippen molar-refractivity contribution in [3.05, 3.63) is 90.0 Å². The Hall–Kier alpha value is -3.54. The summed E-state index contributed by atoms with van der Waals surface area (Å²) in [6.07, 6.45) is 8.78. The van der Waals surface area contributed by atoms with Gasteiger partial charge in [0.25, 0.3) is 5.95 Å². The Kier molecular flexibility index (Phi) is 3.90. The summed E-state index contributed by atoms with van der Waals surface area (Å²) in [5, 5.41) is 8.02. The molecule has 1 aliphatic rings.